The number of nitrogens with zero attached hydrogens (tertiary/aromatic N) is 5. The van der Waals surface area contributed by atoms with Gasteiger partial charge in [0.1, 0.15) is 0 Å². The van der Waals surface area contributed by atoms with Crippen LogP contribution in [0.3, 0.4) is 0 Å². The molecule has 8 nitrogen and oxygen atoms in total. The van der Waals surface area contributed by atoms with Crippen molar-refractivity contribution in [2.24, 2.45) is 5.92 Å². The number of carbonyl (C=O) groups is 2. The number of amides is 2. The Morgan fingerprint density at radius 3 is 2.41 bits per heavy atom. The van der Waals surface area contributed by atoms with E-state index in [-0.39, 0.29) is 23.5 Å². The van der Waals surface area contributed by atoms with Gasteiger partial charge in [-0.3, -0.25) is 14.2 Å². The highest BCUT2D eigenvalue weighted by Gasteiger charge is 2.35. The number of thioether (sulfide) groups is 1. The number of benzene rings is 1. The molecule has 1 saturated carbocycles. The maximum absolute atomic E-state index is 12.8. The second-order valence-electron chi connectivity index (χ2n) is 8.12. The van der Waals surface area contributed by atoms with Gasteiger partial charge in [-0.25, -0.2) is 0 Å². The van der Waals surface area contributed by atoms with E-state index < -0.39 is 0 Å². The third-order valence-electron chi connectivity index (χ3n) is 5.84. The van der Waals surface area contributed by atoms with Gasteiger partial charge in [-0.15, -0.1) is 10.2 Å². The lowest BCUT2D eigenvalue weighted by atomic mass is 10.2. The van der Waals surface area contributed by atoms with Gasteiger partial charge in [-0.2, -0.15) is 0 Å². The topological polar surface area (TPSA) is 84.5 Å². The number of rotatable bonds is 7. The number of hydrogen-bond donors (Lipinski definition) is 0. The van der Waals surface area contributed by atoms with Crippen LogP contribution in [0.1, 0.15) is 18.4 Å². The molecule has 0 radical (unpaired) electrons. The maximum Gasteiger partial charge on any atom is 0.233 e. The lowest BCUT2D eigenvalue weighted by Gasteiger charge is -2.34. The van der Waals surface area contributed by atoms with Crippen molar-refractivity contribution in [3.05, 3.63) is 54.3 Å². The largest absolute Gasteiger partial charge is 0.461 e. The van der Waals surface area contributed by atoms with Gasteiger partial charge in [-0.1, -0.05) is 42.1 Å². The Hall–Kier alpha value is -3.07. The average Bonchev–Trinajstić information content (AvgIpc) is 3.40. The predicted octanol–water partition coefficient (Wildman–Crippen LogP) is 2.76. The van der Waals surface area contributed by atoms with Crippen LogP contribution < -0.4 is 0 Å². The summed E-state index contributed by atoms with van der Waals surface area (Å²) in [5, 5.41) is 9.34. The van der Waals surface area contributed by atoms with Crippen molar-refractivity contribution in [3.8, 4) is 11.6 Å². The Kier molecular flexibility index (Phi) is 5.98. The molecular formula is C23H25N5O3S. The van der Waals surface area contributed by atoms with Gasteiger partial charge < -0.3 is 14.2 Å². The van der Waals surface area contributed by atoms with Crippen LogP contribution in [0.15, 0.2) is 58.3 Å². The first-order chi connectivity index (χ1) is 15.7. The Labute approximate surface area is 190 Å². The first-order valence-electron chi connectivity index (χ1n) is 10.9. The summed E-state index contributed by atoms with van der Waals surface area (Å²) in [6.07, 6.45) is 3.64. The van der Waals surface area contributed by atoms with E-state index in [1.165, 1.54) is 11.8 Å². The standard InChI is InChI=1S/C23H25N5O3S/c29-20(26-10-12-27(13-11-26)22(30)18-8-9-18)16-32-23-25-24-21(19-7-4-14-31-19)28(23)15-17-5-2-1-3-6-17/h1-7,14,18H,8-13,15-16H2. The molecule has 1 aliphatic heterocycles. The second kappa shape index (κ2) is 9.20. The Balaban J connectivity index is 1.24. The summed E-state index contributed by atoms with van der Waals surface area (Å²) in [7, 11) is 0. The van der Waals surface area contributed by atoms with Gasteiger partial charge in [0.2, 0.25) is 17.6 Å². The molecule has 166 valence electrons. The van der Waals surface area contributed by atoms with Crippen LogP contribution in [0.25, 0.3) is 11.6 Å². The lowest BCUT2D eigenvalue weighted by molar-refractivity contribution is -0.139. The van der Waals surface area contributed by atoms with Crippen LogP contribution in [0, 0.1) is 5.92 Å². The highest BCUT2D eigenvalue weighted by molar-refractivity contribution is 7.99. The fraction of sp³-hybridized carbons (Fsp3) is 0.391. The molecule has 0 spiro atoms. The quantitative estimate of drug-likeness (QED) is 0.514. The molecule has 0 bridgehead atoms. The average molecular weight is 452 g/mol. The number of carbonyl (C=O) groups excluding carboxylic acids is 2. The first kappa shape index (κ1) is 20.8. The van der Waals surface area contributed by atoms with E-state index in [4.69, 9.17) is 4.42 Å². The van der Waals surface area contributed by atoms with Gasteiger partial charge in [-0.05, 0) is 30.5 Å². The third-order valence-corrected chi connectivity index (χ3v) is 6.79. The van der Waals surface area contributed by atoms with Crippen LogP contribution in [0.5, 0.6) is 0 Å². The number of furan rings is 1. The molecule has 0 atom stereocenters. The zero-order valence-corrected chi connectivity index (χ0v) is 18.5. The minimum absolute atomic E-state index is 0.0577. The first-order valence-corrected chi connectivity index (χ1v) is 11.9. The highest BCUT2D eigenvalue weighted by Crippen LogP contribution is 2.31. The minimum atomic E-state index is 0.0577. The number of piperazine rings is 1. The zero-order valence-electron chi connectivity index (χ0n) is 17.7. The van der Waals surface area contributed by atoms with Gasteiger partial charge in [0.05, 0.1) is 18.6 Å². The zero-order chi connectivity index (χ0) is 21.9. The van der Waals surface area contributed by atoms with Crippen molar-refractivity contribution >= 4 is 23.6 Å². The summed E-state index contributed by atoms with van der Waals surface area (Å²) >= 11 is 1.38. The molecule has 1 saturated heterocycles. The molecule has 5 rings (SSSR count). The molecule has 2 fully saturated rings. The van der Waals surface area contributed by atoms with Crippen molar-refractivity contribution in [1.82, 2.24) is 24.6 Å². The molecule has 32 heavy (non-hydrogen) atoms. The molecule has 2 amide bonds. The van der Waals surface area contributed by atoms with Gasteiger partial charge >= 0.3 is 0 Å². The molecule has 3 heterocycles. The molecule has 9 heteroatoms. The smallest absolute Gasteiger partial charge is 0.233 e. The van der Waals surface area contributed by atoms with Crippen LogP contribution in [-0.2, 0) is 16.1 Å². The summed E-state index contributed by atoms with van der Waals surface area (Å²) in [5.41, 5.74) is 1.12. The van der Waals surface area contributed by atoms with Crippen molar-refractivity contribution in [2.45, 2.75) is 24.5 Å². The van der Waals surface area contributed by atoms with Gasteiger partial charge in [0, 0.05) is 32.1 Å². The monoisotopic (exact) mass is 451 g/mol. The molecule has 0 unspecified atom stereocenters. The van der Waals surface area contributed by atoms with Gasteiger partial charge in [0.25, 0.3) is 0 Å². The van der Waals surface area contributed by atoms with E-state index in [1.54, 1.807) is 6.26 Å². The normalized spacial score (nSPS) is 16.4. The Morgan fingerprint density at radius 2 is 1.72 bits per heavy atom. The lowest BCUT2D eigenvalue weighted by Crippen LogP contribution is -2.51. The van der Waals surface area contributed by atoms with Crippen molar-refractivity contribution < 1.29 is 14.0 Å². The summed E-state index contributed by atoms with van der Waals surface area (Å²) in [4.78, 5) is 28.8. The van der Waals surface area contributed by atoms with E-state index in [1.807, 2.05) is 56.8 Å². The molecule has 1 aromatic carbocycles. The van der Waals surface area contributed by atoms with E-state index in [0.29, 0.717) is 49.5 Å². The van der Waals surface area contributed by atoms with Gasteiger partial charge in [0.15, 0.2) is 10.9 Å². The molecular weight excluding hydrogens is 426 g/mol. The van der Waals surface area contributed by atoms with E-state index in [9.17, 15) is 9.59 Å². The maximum atomic E-state index is 12.8. The third kappa shape index (κ3) is 4.57. The SMILES string of the molecule is O=C(CSc1nnc(-c2ccco2)n1Cc1ccccc1)N1CCN(C(=O)C2CC2)CC1. The van der Waals surface area contributed by atoms with Crippen molar-refractivity contribution in [3.63, 3.8) is 0 Å². The van der Waals surface area contributed by atoms with Crippen LogP contribution in [-0.4, -0.2) is 68.3 Å². The summed E-state index contributed by atoms with van der Waals surface area (Å²) in [5.74, 6) is 2.10. The fourth-order valence-corrected chi connectivity index (χ4v) is 4.71. The van der Waals surface area contributed by atoms with Crippen LogP contribution >= 0.6 is 11.8 Å². The summed E-state index contributed by atoms with van der Waals surface area (Å²) in [6.45, 7) is 3.01. The Bertz CT molecular complexity index is 1070. The Morgan fingerprint density at radius 1 is 0.969 bits per heavy atom. The van der Waals surface area contributed by atoms with E-state index >= 15 is 0 Å². The summed E-state index contributed by atoms with van der Waals surface area (Å²) in [6, 6.07) is 13.7. The number of aromatic nitrogens is 3. The molecule has 2 aliphatic rings. The minimum Gasteiger partial charge on any atom is -0.461 e. The van der Waals surface area contributed by atoms with Crippen LogP contribution in [0.4, 0.5) is 0 Å². The molecule has 1 aliphatic carbocycles. The second-order valence-corrected chi connectivity index (χ2v) is 9.07. The number of hydrogen-bond acceptors (Lipinski definition) is 6. The summed E-state index contributed by atoms with van der Waals surface area (Å²) < 4.78 is 7.53. The van der Waals surface area contributed by atoms with E-state index in [0.717, 1.165) is 18.4 Å². The molecule has 2 aromatic heterocycles. The highest BCUT2D eigenvalue weighted by atomic mass is 32.2. The van der Waals surface area contributed by atoms with Crippen molar-refractivity contribution in [1.29, 1.82) is 0 Å². The van der Waals surface area contributed by atoms with Crippen molar-refractivity contribution in [2.75, 3.05) is 31.9 Å². The molecule has 0 N–H and O–H groups in total. The predicted molar refractivity (Wildman–Crippen MR) is 120 cm³/mol. The van der Waals surface area contributed by atoms with E-state index in [2.05, 4.69) is 10.2 Å². The fourth-order valence-electron chi connectivity index (χ4n) is 3.87. The molecule has 3 aromatic rings. The van der Waals surface area contributed by atoms with Crippen LogP contribution in [0.2, 0.25) is 0 Å².